The zero-order valence-electron chi connectivity index (χ0n) is 33.7. The van der Waals surface area contributed by atoms with Gasteiger partial charge in [-0.05, 0) is 65.2 Å². The molecule has 0 fully saturated rings. The van der Waals surface area contributed by atoms with Crippen LogP contribution < -0.4 is 0 Å². The van der Waals surface area contributed by atoms with Crippen molar-refractivity contribution < 1.29 is 0 Å². The van der Waals surface area contributed by atoms with Gasteiger partial charge >= 0.3 is 0 Å². The molecular weight excluding hydrogens is 753 g/mol. The number of hydrogen-bond donors (Lipinski definition) is 0. The van der Waals surface area contributed by atoms with Crippen LogP contribution in [-0.2, 0) is 0 Å². The van der Waals surface area contributed by atoms with Crippen molar-refractivity contribution in [2.75, 3.05) is 0 Å². The van der Waals surface area contributed by atoms with Crippen LogP contribution in [-0.4, -0.2) is 19.1 Å². The highest BCUT2D eigenvalue weighted by atomic mass is 15.0. The van der Waals surface area contributed by atoms with Crippen LogP contribution in [0, 0.1) is 0 Å². The van der Waals surface area contributed by atoms with E-state index in [1.54, 1.807) is 0 Å². The first-order valence-electron chi connectivity index (χ1n) is 21.1. The molecule has 0 atom stereocenters. The Labute approximate surface area is 359 Å². The minimum atomic E-state index is 0.704. The molecule has 0 saturated carbocycles. The van der Waals surface area contributed by atoms with Crippen molar-refractivity contribution >= 4 is 43.6 Å². The van der Waals surface area contributed by atoms with Crippen LogP contribution in [0.2, 0.25) is 0 Å². The van der Waals surface area contributed by atoms with E-state index in [1.807, 2.05) is 36.4 Å². The van der Waals surface area contributed by atoms with Gasteiger partial charge in [-0.25, -0.2) is 9.97 Å². The molecule has 12 aromatic rings. The van der Waals surface area contributed by atoms with Gasteiger partial charge in [0.2, 0.25) is 0 Å². The lowest BCUT2D eigenvalue weighted by atomic mass is 10.0. The normalized spacial score (nSPS) is 11.5. The summed E-state index contributed by atoms with van der Waals surface area (Å²) in [4.78, 5) is 10.1. The molecule has 0 aliphatic rings. The van der Waals surface area contributed by atoms with Gasteiger partial charge in [-0.2, -0.15) is 0 Å². The van der Waals surface area contributed by atoms with E-state index in [0.29, 0.717) is 5.82 Å². The third-order valence-electron chi connectivity index (χ3n) is 12.2. The highest BCUT2D eigenvalue weighted by Crippen LogP contribution is 2.40. The average Bonchev–Trinajstić information content (AvgIpc) is 3.88. The summed E-state index contributed by atoms with van der Waals surface area (Å²) >= 11 is 0. The predicted octanol–water partition coefficient (Wildman–Crippen LogP) is 15.0. The minimum absolute atomic E-state index is 0.704. The summed E-state index contributed by atoms with van der Waals surface area (Å²) in [5.74, 6) is 0.704. The predicted molar refractivity (Wildman–Crippen MR) is 258 cm³/mol. The van der Waals surface area contributed by atoms with E-state index in [4.69, 9.17) is 9.97 Å². The van der Waals surface area contributed by atoms with Gasteiger partial charge in [0.25, 0.3) is 0 Å². The van der Waals surface area contributed by atoms with Crippen LogP contribution in [0.3, 0.4) is 0 Å². The van der Waals surface area contributed by atoms with E-state index < -0.39 is 0 Å². The van der Waals surface area contributed by atoms with Gasteiger partial charge in [-0.15, -0.1) is 0 Å². The summed E-state index contributed by atoms with van der Waals surface area (Å²) in [6.45, 7) is 0. The topological polar surface area (TPSA) is 35.6 Å². The van der Waals surface area contributed by atoms with Crippen LogP contribution in [0.15, 0.2) is 231 Å². The van der Waals surface area contributed by atoms with Gasteiger partial charge in [-0.3, -0.25) is 0 Å². The Morgan fingerprint density at radius 1 is 0.274 bits per heavy atom. The Morgan fingerprint density at radius 3 is 1.32 bits per heavy atom. The molecule has 0 N–H and O–H groups in total. The number of nitrogens with zero attached hydrogens (tertiary/aromatic N) is 4. The molecule has 62 heavy (non-hydrogen) atoms. The zero-order chi connectivity index (χ0) is 41.0. The third-order valence-corrected chi connectivity index (χ3v) is 12.2. The summed E-state index contributed by atoms with van der Waals surface area (Å²) in [5.41, 5.74) is 16.6. The molecule has 290 valence electrons. The Kier molecular flexibility index (Phi) is 8.46. The number of aromatic nitrogens is 4. The van der Waals surface area contributed by atoms with Crippen molar-refractivity contribution in [3.63, 3.8) is 0 Å². The molecular formula is C58H38N4. The van der Waals surface area contributed by atoms with Crippen LogP contribution in [0.1, 0.15) is 0 Å². The molecule has 0 bridgehead atoms. The lowest BCUT2D eigenvalue weighted by molar-refractivity contribution is 1.17. The highest BCUT2D eigenvalue weighted by molar-refractivity contribution is 6.14. The van der Waals surface area contributed by atoms with Crippen LogP contribution in [0.5, 0.6) is 0 Å². The lowest BCUT2D eigenvalue weighted by Crippen LogP contribution is -1.97. The second-order valence-corrected chi connectivity index (χ2v) is 15.8. The molecule has 3 aromatic heterocycles. The average molecular weight is 791 g/mol. The smallest absolute Gasteiger partial charge is 0.160 e. The monoisotopic (exact) mass is 790 g/mol. The maximum Gasteiger partial charge on any atom is 0.160 e. The van der Waals surface area contributed by atoms with Crippen molar-refractivity contribution in [1.29, 1.82) is 0 Å². The molecule has 0 unspecified atom stereocenters. The van der Waals surface area contributed by atoms with E-state index in [1.165, 1.54) is 54.7 Å². The standard InChI is InChI=1S/C58H38N4/c1-3-15-41(16-4-1)52-38-53(42-17-5-2-6-18-42)60-58(59-52)43-31-29-39(30-32-43)40-33-35-45(36-34-40)62-56-28-12-9-23-50(56)51-25-14-24-47(57(51)62)44-19-13-20-46(37-44)61-54-26-10-7-21-48(54)49-22-8-11-27-55(49)61/h1-38H. The van der Waals surface area contributed by atoms with Gasteiger partial charge in [0.1, 0.15) is 0 Å². The van der Waals surface area contributed by atoms with Crippen molar-refractivity contribution in [3.05, 3.63) is 231 Å². The van der Waals surface area contributed by atoms with E-state index >= 15 is 0 Å². The van der Waals surface area contributed by atoms with Gasteiger partial charge in [-0.1, -0.05) is 182 Å². The first kappa shape index (κ1) is 35.6. The first-order valence-corrected chi connectivity index (χ1v) is 21.1. The maximum absolute atomic E-state index is 5.05. The molecule has 0 spiro atoms. The summed E-state index contributed by atoms with van der Waals surface area (Å²) in [6.07, 6.45) is 0. The van der Waals surface area contributed by atoms with E-state index in [0.717, 1.165) is 50.6 Å². The van der Waals surface area contributed by atoms with Crippen LogP contribution in [0.25, 0.3) is 111 Å². The fraction of sp³-hybridized carbons (Fsp3) is 0. The molecule has 12 rings (SSSR count). The summed E-state index contributed by atoms with van der Waals surface area (Å²) in [6, 6.07) is 82.2. The van der Waals surface area contributed by atoms with Gasteiger partial charge in [0.15, 0.2) is 5.82 Å². The van der Waals surface area contributed by atoms with Gasteiger partial charge in [0, 0.05) is 55.2 Å². The Hall–Kier alpha value is -8.34. The second-order valence-electron chi connectivity index (χ2n) is 15.8. The Balaban J connectivity index is 0.928. The summed E-state index contributed by atoms with van der Waals surface area (Å²) < 4.78 is 4.83. The van der Waals surface area contributed by atoms with E-state index in [-0.39, 0.29) is 0 Å². The minimum Gasteiger partial charge on any atom is -0.309 e. The summed E-state index contributed by atoms with van der Waals surface area (Å²) in [7, 11) is 0. The Morgan fingerprint density at radius 2 is 0.726 bits per heavy atom. The zero-order valence-corrected chi connectivity index (χ0v) is 33.7. The second kappa shape index (κ2) is 14.7. The Bertz CT molecular complexity index is 3490. The highest BCUT2D eigenvalue weighted by Gasteiger charge is 2.18. The molecule has 0 aliphatic heterocycles. The quantitative estimate of drug-likeness (QED) is 0.161. The van der Waals surface area contributed by atoms with Crippen molar-refractivity contribution in [1.82, 2.24) is 19.1 Å². The molecule has 4 nitrogen and oxygen atoms in total. The van der Waals surface area contributed by atoms with Crippen molar-refractivity contribution in [2.24, 2.45) is 0 Å². The number of rotatable bonds is 7. The summed E-state index contributed by atoms with van der Waals surface area (Å²) in [5, 5.41) is 4.98. The molecule has 0 aliphatic carbocycles. The molecule has 0 radical (unpaired) electrons. The van der Waals surface area contributed by atoms with E-state index in [9.17, 15) is 0 Å². The number of para-hydroxylation sites is 4. The van der Waals surface area contributed by atoms with Crippen LogP contribution in [0.4, 0.5) is 0 Å². The van der Waals surface area contributed by atoms with Gasteiger partial charge < -0.3 is 9.13 Å². The molecule has 9 aromatic carbocycles. The fourth-order valence-corrected chi connectivity index (χ4v) is 9.24. The first-order chi connectivity index (χ1) is 30.7. The maximum atomic E-state index is 5.05. The molecule has 4 heteroatoms. The molecule has 0 amide bonds. The SMILES string of the molecule is c1ccc(-c2cc(-c3ccccc3)nc(-c3ccc(-c4ccc(-n5c6ccccc6c6cccc(-c7cccc(-n8c9ccccc9c9ccccc98)c7)c65)cc4)cc3)n2)cc1. The van der Waals surface area contributed by atoms with Crippen molar-refractivity contribution in [2.45, 2.75) is 0 Å². The van der Waals surface area contributed by atoms with Gasteiger partial charge in [0.05, 0.1) is 33.5 Å². The number of benzene rings is 9. The molecule has 3 heterocycles. The fourth-order valence-electron chi connectivity index (χ4n) is 9.24. The lowest BCUT2D eigenvalue weighted by Gasteiger charge is -2.14. The third kappa shape index (κ3) is 6.00. The molecule has 0 saturated heterocycles. The van der Waals surface area contributed by atoms with Crippen molar-refractivity contribution in [3.8, 4) is 67.5 Å². The number of hydrogen-bond acceptors (Lipinski definition) is 2. The van der Waals surface area contributed by atoms with Crippen LogP contribution >= 0.6 is 0 Å². The van der Waals surface area contributed by atoms with E-state index in [2.05, 4.69) is 203 Å². The largest absolute Gasteiger partial charge is 0.309 e. The number of fused-ring (bicyclic) bond motifs is 6.